The predicted octanol–water partition coefficient (Wildman–Crippen LogP) is 5.09. The zero-order chi connectivity index (χ0) is 23.7. The first-order valence-corrected chi connectivity index (χ1v) is 12.3. The summed E-state index contributed by atoms with van der Waals surface area (Å²) in [6.45, 7) is 1.69. The van der Waals surface area contributed by atoms with E-state index in [4.69, 9.17) is 4.74 Å². The minimum absolute atomic E-state index is 0.108. The molecule has 4 aliphatic carbocycles. The molecular formula is C28H32N2O4. The summed E-state index contributed by atoms with van der Waals surface area (Å²) in [4.78, 5) is 37.0. The highest BCUT2D eigenvalue weighted by molar-refractivity contribution is 6.05. The molecule has 2 aromatic rings. The number of benzene rings is 2. The highest BCUT2D eigenvalue weighted by Crippen LogP contribution is 2.61. The topological polar surface area (TPSA) is 84.5 Å². The van der Waals surface area contributed by atoms with E-state index in [1.165, 1.54) is 51.5 Å². The molecule has 0 radical (unpaired) electrons. The number of anilines is 1. The summed E-state index contributed by atoms with van der Waals surface area (Å²) in [6.07, 6.45) is 8.38. The SMILES string of the molecule is CC(=O)Oc1cccc(C(=O)Nc2ccccc2CNC(=O)CC23CC4CC(CC(C4)C2)C3)c1. The van der Waals surface area contributed by atoms with Gasteiger partial charge in [0.25, 0.3) is 5.91 Å². The first-order chi connectivity index (χ1) is 16.4. The molecule has 0 unspecified atom stereocenters. The van der Waals surface area contributed by atoms with E-state index in [1.807, 2.05) is 24.3 Å². The molecule has 34 heavy (non-hydrogen) atoms. The van der Waals surface area contributed by atoms with E-state index in [9.17, 15) is 14.4 Å². The third-order valence-corrected chi connectivity index (χ3v) is 7.80. The van der Waals surface area contributed by atoms with Crippen LogP contribution in [-0.4, -0.2) is 17.8 Å². The van der Waals surface area contributed by atoms with E-state index >= 15 is 0 Å². The Morgan fingerprint density at radius 3 is 2.29 bits per heavy atom. The lowest BCUT2D eigenvalue weighted by molar-refractivity contribution is -0.132. The molecule has 0 atom stereocenters. The van der Waals surface area contributed by atoms with Crippen molar-refractivity contribution in [3.05, 3.63) is 59.7 Å². The van der Waals surface area contributed by atoms with Crippen molar-refractivity contribution in [2.24, 2.45) is 23.2 Å². The average molecular weight is 461 g/mol. The maximum Gasteiger partial charge on any atom is 0.308 e. The number of amides is 2. The number of hydrogen-bond acceptors (Lipinski definition) is 4. The summed E-state index contributed by atoms with van der Waals surface area (Å²) in [5.74, 6) is 2.18. The van der Waals surface area contributed by atoms with Crippen LogP contribution >= 0.6 is 0 Å². The molecule has 4 bridgehead atoms. The Morgan fingerprint density at radius 2 is 1.62 bits per heavy atom. The zero-order valence-corrected chi connectivity index (χ0v) is 19.6. The Bertz CT molecular complexity index is 1070. The molecule has 0 heterocycles. The fraction of sp³-hybridized carbons (Fsp3) is 0.464. The van der Waals surface area contributed by atoms with Gasteiger partial charge in [0.05, 0.1) is 0 Å². The number of para-hydroxylation sites is 1. The fourth-order valence-corrected chi connectivity index (χ4v) is 6.96. The molecule has 0 saturated heterocycles. The second kappa shape index (κ2) is 9.24. The molecule has 0 aromatic heterocycles. The van der Waals surface area contributed by atoms with Crippen LogP contribution < -0.4 is 15.4 Å². The Morgan fingerprint density at radius 1 is 0.941 bits per heavy atom. The quantitative estimate of drug-likeness (QED) is 0.445. The number of hydrogen-bond donors (Lipinski definition) is 2. The highest BCUT2D eigenvalue weighted by Gasteiger charge is 2.51. The molecule has 6 heteroatoms. The van der Waals surface area contributed by atoms with Gasteiger partial charge in [-0.1, -0.05) is 24.3 Å². The summed E-state index contributed by atoms with van der Waals surface area (Å²) < 4.78 is 5.08. The van der Waals surface area contributed by atoms with Crippen molar-refractivity contribution in [1.82, 2.24) is 5.32 Å². The lowest BCUT2D eigenvalue weighted by atomic mass is 9.49. The predicted molar refractivity (Wildman–Crippen MR) is 129 cm³/mol. The molecule has 4 aliphatic rings. The smallest absolute Gasteiger partial charge is 0.308 e. The second-order valence-corrected chi connectivity index (χ2v) is 10.6. The average Bonchev–Trinajstić information content (AvgIpc) is 2.77. The molecule has 2 N–H and O–H groups in total. The first kappa shape index (κ1) is 22.6. The van der Waals surface area contributed by atoms with E-state index < -0.39 is 5.97 Å². The van der Waals surface area contributed by atoms with Crippen LogP contribution in [0.15, 0.2) is 48.5 Å². The summed E-state index contributed by atoms with van der Waals surface area (Å²) in [5.41, 5.74) is 2.10. The van der Waals surface area contributed by atoms with Gasteiger partial charge in [0.2, 0.25) is 5.91 Å². The van der Waals surface area contributed by atoms with Crippen LogP contribution in [0.2, 0.25) is 0 Å². The fourth-order valence-electron chi connectivity index (χ4n) is 6.96. The summed E-state index contributed by atoms with van der Waals surface area (Å²) in [5, 5.41) is 6.04. The first-order valence-electron chi connectivity index (χ1n) is 12.3. The highest BCUT2D eigenvalue weighted by atomic mass is 16.5. The number of esters is 1. The van der Waals surface area contributed by atoms with Crippen LogP contribution in [0.25, 0.3) is 0 Å². The van der Waals surface area contributed by atoms with Crippen LogP contribution in [0, 0.1) is 23.2 Å². The van der Waals surface area contributed by atoms with Crippen molar-refractivity contribution < 1.29 is 19.1 Å². The van der Waals surface area contributed by atoms with Crippen LogP contribution in [-0.2, 0) is 16.1 Å². The summed E-state index contributed by atoms with van der Waals surface area (Å²) in [6, 6.07) is 14.0. The van der Waals surface area contributed by atoms with Crippen LogP contribution in [0.3, 0.4) is 0 Å². The maximum atomic E-state index is 12.9. The van der Waals surface area contributed by atoms with Gasteiger partial charge in [0, 0.05) is 31.1 Å². The van der Waals surface area contributed by atoms with E-state index in [0.29, 0.717) is 30.0 Å². The van der Waals surface area contributed by atoms with Crippen molar-refractivity contribution in [2.75, 3.05) is 5.32 Å². The van der Waals surface area contributed by atoms with Crippen LogP contribution in [0.1, 0.15) is 67.8 Å². The summed E-state index contributed by atoms with van der Waals surface area (Å²) in [7, 11) is 0. The largest absolute Gasteiger partial charge is 0.427 e. The molecule has 6 nitrogen and oxygen atoms in total. The lowest BCUT2D eigenvalue weighted by Gasteiger charge is -2.56. The minimum atomic E-state index is -0.438. The third-order valence-electron chi connectivity index (χ3n) is 7.80. The molecule has 2 aromatic carbocycles. The molecule has 6 rings (SSSR count). The van der Waals surface area contributed by atoms with Crippen molar-refractivity contribution in [3.63, 3.8) is 0 Å². The minimum Gasteiger partial charge on any atom is -0.427 e. The van der Waals surface area contributed by atoms with Gasteiger partial charge in [0.1, 0.15) is 5.75 Å². The molecule has 178 valence electrons. The van der Waals surface area contributed by atoms with Crippen molar-refractivity contribution in [2.45, 2.75) is 58.4 Å². The number of nitrogens with one attached hydrogen (secondary N) is 2. The normalized spacial score (nSPS) is 26.7. The van der Waals surface area contributed by atoms with Gasteiger partial charge >= 0.3 is 5.97 Å². The van der Waals surface area contributed by atoms with Gasteiger partial charge in [-0.2, -0.15) is 0 Å². The van der Waals surface area contributed by atoms with E-state index in [1.54, 1.807) is 18.2 Å². The van der Waals surface area contributed by atoms with E-state index in [2.05, 4.69) is 10.6 Å². The monoisotopic (exact) mass is 460 g/mol. The number of ether oxygens (including phenoxy) is 1. The van der Waals surface area contributed by atoms with Crippen molar-refractivity contribution >= 4 is 23.5 Å². The Labute approximate surface area is 200 Å². The van der Waals surface area contributed by atoms with Gasteiger partial charge in [-0.05, 0) is 91.5 Å². The summed E-state index contributed by atoms with van der Waals surface area (Å²) >= 11 is 0. The van der Waals surface area contributed by atoms with Gasteiger partial charge in [-0.25, -0.2) is 0 Å². The Hall–Kier alpha value is -3.15. The van der Waals surface area contributed by atoms with Crippen molar-refractivity contribution in [3.8, 4) is 5.75 Å². The zero-order valence-electron chi connectivity index (χ0n) is 19.6. The van der Waals surface area contributed by atoms with Gasteiger partial charge in [0.15, 0.2) is 0 Å². The Balaban J connectivity index is 1.20. The van der Waals surface area contributed by atoms with Gasteiger partial charge in [-0.3, -0.25) is 14.4 Å². The number of rotatable bonds is 7. The van der Waals surface area contributed by atoms with Crippen LogP contribution in [0.5, 0.6) is 5.75 Å². The number of carbonyl (C=O) groups is 3. The molecule has 4 saturated carbocycles. The van der Waals surface area contributed by atoms with Crippen molar-refractivity contribution in [1.29, 1.82) is 0 Å². The van der Waals surface area contributed by atoms with E-state index in [0.717, 1.165) is 23.3 Å². The lowest BCUT2D eigenvalue weighted by Crippen LogP contribution is -2.47. The Kier molecular flexibility index (Phi) is 6.15. The maximum absolute atomic E-state index is 12.9. The van der Waals surface area contributed by atoms with Gasteiger partial charge < -0.3 is 15.4 Å². The van der Waals surface area contributed by atoms with Gasteiger partial charge in [-0.15, -0.1) is 0 Å². The molecule has 0 aliphatic heterocycles. The molecule has 2 amide bonds. The molecular weight excluding hydrogens is 428 g/mol. The van der Waals surface area contributed by atoms with E-state index in [-0.39, 0.29) is 17.2 Å². The molecule has 0 spiro atoms. The second-order valence-electron chi connectivity index (χ2n) is 10.6. The van der Waals surface area contributed by atoms with Crippen LogP contribution in [0.4, 0.5) is 5.69 Å². The third kappa shape index (κ3) is 5.01. The standard InChI is InChI=1S/C28H32N2O4/c1-18(31)34-24-7-4-6-22(12-24)27(33)30-25-8-3-2-5-23(25)17-29-26(32)16-28-13-19-9-20(14-28)11-21(10-19)15-28/h2-8,12,19-21H,9-11,13-17H2,1H3,(H,29,32)(H,30,33). The number of carbonyl (C=O) groups excluding carboxylic acids is 3. The molecule has 4 fully saturated rings.